The van der Waals surface area contributed by atoms with Crippen molar-refractivity contribution in [2.24, 2.45) is 0 Å². The minimum absolute atomic E-state index is 0.0551. The predicted octanol–water partition coefficient (Wildman–Crippen LogP) is 2.91. The van der Waals surface area contributed by atoms with Crippen molar-refractivity contribution in [1.29, 1.82) is 5.26 Å². The molecule has 0 aromatic carbocycles. The molecule has 0 unspecified atom stereocenters. The molecule has 2 heterocycles. The molecule has 0 aliphatic carbocycles. The molecule has 0 atom stereocenters. The quantitative estimate of drug-likeness (QED) is 0.840. The van der Waals surface area contributed by atoms with Crippen LogP contribution in [0.2, 0.25) is 5.02 Å². The van der Waals surface area contributed by atoms with Gasteiger partial charge in [0.25, 0.3) is 0 Å². The van der Waals surface area contributed by atoms with Gasteiger partial charge in [-0.15, -0.1) is 0 Å². The van der Waals surface area contributed by atoms with E-state index in [1.54, 1.807) is 0 Å². The second kappa shape index (κ2) is 7.11. The number of hydrogen-bond donors (Lipinski definition) is 1. The van der Waals surface area contributed by atoms with Crippen molar-refractivity contribution < 1.29 is 17.9 Å². The van der Waals surface area contributed by atoms with E-state index in [2.05, 4.69) is 20.3 Å². The standard InChI is InChI=1S/C13H9ClF3N5O/c14-9-5-8(13(15,16)17)7-22-12(9)23-4-3-21-11-10(6-18)19-1-2-20-11/h1-2,5,7H,3-4H2,(H,20,21). The molecule has 0 fully saturated rings. The van der Waals surface area contributed by atoms with Gasteiger partial charge in [0.05, 0.1) is 12.1 Å². The largest absolute Gasteiger partial charge is 0.475 e. The molecule has 2 rings (SSSR count). The van der Waals surface area contributed by atoms with Crippen molar-refractivity contribution in [3.63, 3.8) is 0 Å². The Kier molecular flexibility index (Phi) is 5.18. The summed E-state index contributed by atoms with van der Waals surface area (Å²) < 4.78 is 42.6. The molecule has 0 aliphatic rings. The number of ether oxygens (including phenoxy) is 1. The number of anilines is 1. The molecule has 120 valence electrons. The topological polar surface area (TPSA) is 83.7 Å². The third-order valence-electron chi connectivity index (χ3n) is 2.57. The minimum atomic E-state index is -4.52. The third-order valence-corrected chi connectivity index (χ3v) is 2.84. The van der Waals surface area contributed by atoms with Crippen molar-refractivity contribution in [3.8, 4) is 11.9 Å². The van der Waals surface area contributed by atoms with E-state index in [4.69, 9.17) is 21.6 Å². The molecule has 0 saturated carbocycles. The average molecular weight is 344 g/mol. The molecular formula is C13H9ClF3N5O. The zero-order valence-electron chi connectivity index (χ0n) is 11.4. The molecular weight excluding hydrogens is 335 g/mol. The van der Waals surface area contributed by atoms with Crippen LogP contribution in [0.5, 0.6) is 5.88 Å². The Hall–Kier alpha value is -2.60. The second-order valence-corrected chi connectivity index (χ2v) is 4.56. The van der Waals surface area contributed by atoms with Crippen molar-refractivity contribution in [3.05, 3.63) is 40.9 Å². The van der Waals surface area contributed by atoms with Crippen molar-refractivity contribution in [2.75, 3.05) is 18.5 Å². The van der Waals surface area contributed by atoms with Gasteiger partial charge in [-0.25, -0.2) is 15.0 Å². The first kappa shape index (κ1) is 16.8. The van der Waals surface area contributed by atoms with Gasteiger partial charge in [-0.2, -0.15) is 18.4 Å². The molecule has 0 spiro atoms. The van der Waals surface area contributed by atoms with Crippen molar-refractivity contribution in [2.45, 2.75) is 6.18 Å². The summed E-state index contributed by atoms with van der Waals surface area (Å²) >= 11 is 5.71. The van der Waals surface area contributed by atoms with Crippen LogP contribution in [0, 0.1) is 11.3 Å². The first-order valence-corrected chi connectivity index (χ1v) is 6.60. The molecule has 0 radical (unpaired) electrons. The van der Waals surface area contributed by atoms with E-state index >= 15 is 0 Å². The van der Waals surface area contributed by atoms with Gasteiger partial charge in [0.15, 0.2) is 11.5 Å². The lowest BCUT2D eigenvalue weighted by molar-refractivity contribution is -0.137. The highest BCUT2D eigenvalue weighted by atomic mass is 35.5. The number of halogens is 4. The summed E-state index contributed by atoms with van der Waals surface area (Å²) in [5.41, 5.74) is -0.829. The lowest BCUT2D eigenvalue weighted by Crippen LogP contribution is -2.14. The molecule has 6 nitrogen and oxygen atoms in total. The Balaban J connectivity index is 1.91. The number of pyridine rings is 1. The van der Waals surface area contributed by atoms with Crippen LogP contribution < -0.4 is 10.1 Å². The van der Waals surface area contributed by atoms with E-state index in [0.29, 0.717) is 6.20 Å². The van der Waals surface area contributed by atoms with Crippen LogP contribution in [-0.2, 0) is 6.18 Å². The van der Waals surface area contributed by atoms with E-state index < -0.39 is 11.7 Å². The Morgan fingerprint density at radius 1 is 1.26 bits per heavy atom. The summed E-state index contributed by atoms with van der Waals surface area (Å²) in [7, 11) is 0. The molecule has 1 N–H and O–H groups in total. The summed E-state index contributed by atoms with van der Waals surface area (Å²) in [5.74, 6) is 0.172. The number of nitriles is 1. The summed E-state index contributed by atoms with van der Waals surface area (Å²) in [6.45, 7) is 0.284. The van der Waals surface area contributed by atoms with Crippen LogP contribution in [0.4, 0.5) is 19.0 Å². The predicted molar refractivity (Wildman–Crippen MR) is 75.0 cm³/mol. The molecule has 2 aromatic heterocycles. The third kappa shape index (κ3) is 4.43. The van der Waals surface area contributed by atoms with E-state index in [1.165, 1.54) is 12.4 Å². The molecule has 2 aromatic rings. The molecule has 23 heavy (non-hydrogen) atoms. The monoisotopic (exact) mass is 343 g/mol. The highest BCUT2D eigenvalue weighted by Gasteiger charge is 2.31. The highest BCUT2D eigenvalue weighted by Crippen LogP contribution is 2.32. The Morgan fingerprint density at radius 2 is 2.00 bits per heavy atom. The van der Waals surface area contributed by atoms with Gasteiger partial charge < -0.3 is 10.1 Å². The number of rotatable bonds is 5. The zero-order valence-corrected chi connectivity index (χ0v) is 12.2. The maximum Gasteiger partial charge on any atom is 0.417 e. The van der Waals surface area contributed by atoms with Crippen LogP contribution in [0.1, 0.15) is 11.3 Å². The van der Waals surface area contributed by atoms with Gasteiger partial charge in [-0.05, 0) is 6.07 Å². The van der Waals surface area contributed by atoms with Gasteiger partial charge in [0.1, 0.15) is 17.7 Å². The van der Waals surface area contributed by atoms with E-state index in [9.17, 15) is 13.2 Å². The zero-order chi connectivity index (χ0) is 16.9. The molecule has 0 amide bonds. The van der Waals surface area contributed by atoms with Crippen LogP contribution in [0.15, 0.2) is 24.7 Å². The fraction of sp³-hybridized carbons (Fsp3) is 0.231. The fourth-order valence-corrected chi connectivity index (χ4v) is 1.77. The Labute approximate surface area is 133 Å². The lowest BCUT2D eigenvalue weighted by Gasteiger charge is -2.11. The fourth-order valence-electron chi connectivity index (χ4n) is 1.55. The maximum absolute atomic E-state index is 12.5. The first-order valence-electron chi connectivity index (χ1n) is 6.22. The van der Waals surface area contributed by atoms with Crippen LogP contribution in [-0.4, -0.2) is 28.1 Å². The molecule has 0 aliphatic heterocycles. The lowest BCUT2D eigenvalue weighted by atomic mass is 10.3. The summed E-state index contributed by atoms with van der Waals surface area (Å²) in [4.78, 5) is 11.3. The maximum atomic E-state index is 12.5. The second-order valence-electron chi connectivity index (χ2n) is 4.15. The van der Waals surface area contributed by atoms with Crippen molar-refractivity contribution in [1.82, 2.24) is 15.0 Å². The summed E-state index contributed by atoms with van der Waals surface area (Å²) in [5, 5.41) is 11.4. The van der Waals surface area contributed by atoms with Crippen LogP contribution >= 0.6 is 11.6 Å². The summed E-state index contributed by atoms with van der Waals surface area (Å²) in [6.07, 6.45) is -1.08. The van der Waals surface area contributed by atoms with Gasteiger partial charge in [-0.3, -0.25) is 0 Å². The molecule has 0 saturated heterocycles. The van der Waals surface area contributed by atoms with Gasteiger partial charge >= 0.3 is 6.18 Å². The molecule has 0 bridgehead atoms. The first-order chi connectivity index (χ1) is 10.9. The van der Waals surface area contributed by atoms with E-state index in [0.717, 1.165) is 6.07 Å². The number of nitrogens with one attached hydrogen (secondary N) is 1. The highest BCUT2D eigenvalue weighted by molar-refractivity contribution is 6.31. The van der Waals surface area contributed by atoms with Crippen LogP contribution in [0.25, 0.3) is 0 Å². The normalized spacial score (nSPS) is 10.9. The SMILES string of the molecule is N#Cc1nccnc1NCCOc1ncc(C(F)(F)F)cc1Cl. The van der Waals surface area contributed by atoms with Crippen LogP contribution in [0.3, 0.4) is 0 Å². The Bertz CT molecular complexity index is 732. The minimum Gasteiger partial charge on any atom is -0.475 e. The summed E-state index contributed by atoms with van der Waals surface area (Å²) in [6, 6.07) is 2.61. The van der Waals surface area contributed by atoms with Gasteiger partial charge in [0, 0.05) is 18.6 Å². The van der Waals surface area contributed by atoms with Gasteiger partial charge in [0.2, 0.25) is 5.88 Å². The smallest absolute Gasteiger partial charge is 0.417 e. The number of nitrogens with zero attached hydrogens (tertiary/aromatic N) is 4. The van der Waals surface area contributed by atoms with E-state index in [1.807, 2.05) is 6.07 Å². The number of aromatic nitrogens is 3. The average Bonchev–Trinajstić information content (AvgIpc) is 2.52. The Morgan fingerprint density at radius 3 is 2.65 bits per heavy atom. The van der Waals surface area contributed by atoms with Crippen molar-refractivity contribution >= 4 is 17.4 Å². The number of hydrogen-bond acceptors (Lipinski definition) is 6. The molecule has 10 heteroatoms. The van der Waals surface area contributed by atoms with E-state index in [-0.39, 0.29) is 35.6 Å². The number of alkyl halides is 3. The van der Waals surface area contributed by atoms with Gasteiger partial charge in [-0.1, -0.05) is 11.6 Å².